The highest BCUT2D eigenvalue weighted by atomic mass is 35.5. The molecule has 0 radical (unpaired) electrons. The Morgan fingerprint density at radius 1 is 1.23 bits per heavy atom. The zero-order valence-electron chi connectivity index (χ0n) is 11.2. The first-order chi connectivity index (χ1) is 10.5. The summed E-state index contributed by atoms with van der Waals surface area (Å²) in [6.45, 7) is 0. The molecule has 2 aromatic rings. The smallest absolute Gasteiger partial charge is 0.326 e. The van der Waals surface area contributed by atoms with Crippen LogP contribution in [0.1, 0.15) is 22.0 Å². The molecule has 2 heterocycles. The van der Waals surface area contributed by atoms with Crippen LogP contribution in [0.2, 0.25) is 5.02 Å². The molecule has 0 bridgehead atoms. The number of nitrogens with zero attached hydrogens (tertiary/aromatic N) is 2. The van der Waals surface area contributed by atoms with Crippen LogP contribution < -0.4 is 10.6 Å². The number of ketones is 1. The lowest BCUT2D eigenvalue weighted by Gasteiger charge is -2.12. The Bertz CT molecular complexity index is 792. The lowest BCUT2D eigenvalue weighted by atomic mass is 9.95. The normalized spacial score (nSPS) is 16.5. The van der Waals surface area contributed by atoms with Gasteiger partial charge in [-0.15, -0.1) is 0 Å². The van der Waals surface area contributed by atoms with Gasteiger partial charge in [0.1, 0.15) is 5.92 Å². The van der Waals surface area contributed by atoms with E-state index in [1.807, 2.05) is 0 Å². The number of carbonyl (C=O) groups excluding carboxylic acids is 3. The molecule has 1 unspecified atom stereocenters. The number of benzene rings is 1. The van der Waals surface area contributed by atoms with Gasteiger partial charge in [0.2, 0.25) is 0 Å². The minimum absolute atomic E-state index is 0.152. The highest BCUT2D eigenvalue weighted by molar-refractivity contribution is 6.33. The number of pyridine rings is 1. The van der Waals surface area contributed by atoms with Gasteiger partial charge in [0.05, 0.1) is 16.4 Å². The Morgan fingerprint density at radius 3 is 2.55 bits per heavy atom. The van der Waals surface area contributed by atoms with Crippen LogP contribution in [0.5, 0.6) is 0 Å². The average Bonchev–Trinajstić information content (AvgIpc) is 2.78. The van der Waals surface area contributed by atoms with Gasteiger partial charge in [0, 0.05) is 11.8 Å². The van der Waals surface area contributed by atoms with Crippen LogP contribution in [0.25, 0.3) is 0 Å². The van der Waals surface area contributed by atoms with Crippen LogP contribution in [0.15, 0.2) is 42.6 Å². The number of nitrogens with two attached hydrogens (primary N) is 1. The number of carbonyl (C=O) groups is 3. The molecule has 0 aliphatic carbocycles. The van der Waals surface area contributed by atoms with Crippen molar-refractivity contribution < 1.29 is 14.4 Å². The zero-order valence-corrected chi connectivity index (χ0v) is 11.9. The van der Waals surface area contributed by atoms with E-state index in [9.17, 15) is 14.4 Å². The fourth-order valence-electron chi connectivity index (χ4n) is 2.44. The van der Waals surface area contributed by atoms with Gasteiger partial charge in [0.25, 0.3) is 5.91 Å². The van der Waals surface area contributed by atoms with E-state index in [0.29, 0.717) is 5.56 Å². The summed E-state index contributed by atoms with van der Waals surface area (Å²) in [5, 5.41) is 0.241. The maximum atomic E-state index is 12.6. The van der Waals surface area contributed by atoms with Crippen molar-refractivity contribution in [1.29, 1.82) is 0 Å². The van der Waals surface area contributed by atoms with Crippen LogP contribution >= 0.6 is 11.6 Å². The third-order valence-electron chi connectivity index (χ3n) is 3.39. The third kappa shape index (κ3) is 2.14. The SMILES string of the molecule is NC(=O)N1C(=O)C(C(=O)c2ccccc2)c2ncc(Cl)cc21. The molecule has 0 spiro atoms. The number of rotatable bonds is 2. The molecule has 110 valence electrons. The number of Topliss-reactive ketones (excluding diaryl/α,β-unsaturated/α-hetero) is 1. The van der Waals surface area contributed by atoms with E-state index in [4.69, 9.17) is 17.3 Å². The molecule has 3 amide bonds. The number of hydrogen-bond donors (Lipinski definition) is 1. The predicted octanol–water partition coefficient (Wildman–Crippen LogP) is 2.13. The molecule has 22 heavy (non-hydrogen) atoms. The molecular formula is C15H10ClN3O3. The molecule has 0 fully saturated rings. The molecule has 1 atom stereocenters. The Labute approximate surface area is 130 Å². The minimum atomic E-state index is -1.19. The predicted molar refractivity (Wildman–Crippen MR) is 79.8 cm³/mol. The maximum Gasteiger partial charge on any atom is 0.326 e. The summed E-state index contributed by atoms with van der Waals surface area (Å²) in [5.41, 5.74) is 5.93. The van der Waals surface area contributed by atoms with E-state index in [1.165, 1.54) is 12.3 Å². The summed E-state index contributed by atoms with van der Waals surface area (Å²) in [6, 6.07) is 8.75. The van der Waals surface area contributed by atoms with Gasteiger partial charge in [-0.25, -0.2) is 9.69 Å². The van der Waals surface area contributed by atoms with Gasteiger partial charge in [-0.05, 0) is 6.07 Å². The van der Waals surface area contributed by atoms with Gasteiger partial charge in [-0.3, -0.25) is 14.6 Å². The zero-order chi connectivity index (χ0) is 15.9. The summed E-state index contributed by atoms with van der Waals surface area (Å²) in [6.07, 6.45) is 1.32. The summed E-state index contributed by atoms with van der Waals surface area (Å²) in [5.74, 6) is -2.35. The first-order valence-electron chi connectivity index (χ1n) is 6.39. The molecule has 0 saturated carbocycles. The molecule has 2 N–H and O–H groups in total. The van der Waals surface area contributed by atoms with E-state index in [2.05, 4.69) is 4.98 Å². The molecule has 1 aromatic carbocycles. The number of urea groups is 1. The van der Waals surface area contributed by atoms with Crippen molar-refractivity contribution in [2.45, 2.75) is 5.92 Å². The van der Waals surface area contributed by atoms with Gasteiger partial charge in [-0.1, -0.05) is 41.9 Å². The highest BCUT2D eigenvalue weighted by Gasteiger charge is 2.45. The lowest BCUT2D eigenvalue weighted by Crippen LogP contribution is -2.40. The third-order valence-corrected chi connectivity index (χ3v) is 3.59. The largest absolute Gasteiger partial charge is 0.351 e. The summed E-state index contributed by atoms with van der Waals surface area (Å²) in [7, 11) is 0. The fourth-order valence-corrected chi connectivity index (χ4v) is 2.59. The first-order valence-corrected chi connectivity index (χ1v) is 6.76. The van der Waals surface area contributed by atoms with Crippen molar-refractivity contribution in [2.75, 3.05) is 4.90 Å². The Morgan fingerprint density at radius 2 is 1.91 bits per heavy atom. The molecule has 1 aromatic heterocycles. The highest BCUT2D eigenvalue weighted by Crippen LogP contribution is 2.38. The minimum Gasteiger partial charge on any atom is -0.351 e. The van der Waals surface area contributed by atoms with Crippen molar-refractivity contribution in [3.05, 3.63) is 58.9 Å². The second-order valence-corrected chi connectivity index (χ2v) is 5.17. The molecule has 6 nitrogen and oxygen atoms in total. The number of amides is 3. The Kier molecular flexibility index (Phi) is 3.38. The Hall–Kier alpha value is -2.73. The summed E-state index contributed by atoms with van der Waals surface area (Å²) >= 11 is 5.85. The first kappa shape index (κ1) is 14.2. The van der Waals surface area contributed by atoms with Crippen molar-refractivity contribution in [3.8, 4) is 0 Å². The monoisotopic (exact) mass is 315 g/mol. The van der Waals surface area contributed by atoms with Crippen LogP contribution in [-0.2, 0) is 4.79 Å². The van der Waals surface area contributed by atoms with Gasteiger partial charge in [0.15, 0.2) is 5.78 Å². The Balaban J connectivity index is 2.12. The van der Waals surface area contributed by atoms with E-state index in [1.54, 1.807) is 30.3 Å². The van der Waals surface area contributed by atoms with Gasteiger partial charge in [-0.2, -0.15) is 0 Å². The molecule has 1 aliphatic heterocycles. The number of halogens is 1. The van der Waals surface area contributed by atoms with E-state index in [-0.39, 0.29) is 16.4 Å². The van der Waals surface area contributed by atoms with Crippen LogP contribution in [-0.4, -0.2) is 22.7 Å². The number of imide groups is 1. The maximum absolute atomic E-state index is 12.6. The lowest BCUT2D eigenvalue weighted by molar-refractivity contribution is -0.117. The molecule has 7 heteroatoms. The van der Waals surface area contributed by atoms with Gasteiger partial charge >= 0.3 is 6.03 Å². The number of anilines is 1. The van der Waals surface area contributed by atoms with E-state index in [0.717, 1.165) is 4.90 Å². The average molecular weight is 316 g/mol. The van der Waals surface area contributed by atoms with E-state index < -0.39 is 23.6 Å². The molecular weight excluding hydrogens is 306 g/mol. The van der Waals surface area contributed by atoms with Crippen molar-refractivity contribution >= 4 is 35.0 Å². The fraction of sp³-hybridized carbons (Fsp3) is 0.0667. The summed E-state index contributed by atoms with van der Waals surface area (Å²) < 4.78 is 0. The second-order valence-electron chi connectivity index (χ2n) is 4.73. The van der Waals surface area contributed by atoms with Crippen molar-refractivity contribution in [2.24, 2.45) is 5.73 Å². The van der Waals surface area contributed by atoms with E-state index >= 15 is 0 Å². The number of fused-ring (bicyclic) bond motifs is 1. The number of hydrogen-bond acceptors (Lipinski definition) is 4. The van der Waals surface area contributed by atoms with Crippen LogP contribution in [0, 0.1) is 0 Å². The van der Waals surface area contributed by atoms with Gasteiger partial charge < -0.3 is 5.73 Å². The van der Waals surface area contributed by atoms with Crippen molar-refractivity contribution in [3.63, 3.8) is 0 Å². The molecule has 3 rings (SSSR count). The standard InChI is InChI=1S/C15H10ClN3O3/c16-9-6-10-12(18-7-9)11(14(21)19(10)15(17)22)13(20)8-4-2-1-3-5-8/h1-7,11H,(H2,17,22). The number of aromatic nitrogens is 1. The van der Waals surface area contributed by atoms with Crippen LogP contribution in [0.4, 0.5) is 10.5 Å². The molecule has 0 saturated heterocycles. The quantitative estimate of drug-likeness (QED) is 0.678. The van der Waals surface area contributed by atoms with Crippen LogP contribution in [0.3, 0.4) is 0 Å². The number of primary amides is 1. The molecule has 1 aliphatic rings. The second kappa shape index (κ2) is 5.23. The van der Waals surface area contributed by atoms with Crippen molar-refractivity contribution in [1.82, 2.24) is 4.98 Å². The summed E-state index contributed by atoms with van der Waals surface area (Å²) in [4.78, 5) is 41.4. The topological polar surface area (TPSA) is 93.4 Å².